The molecule has 4 rings (SSSR count). The highest BCUT2D eigenvalue weighted by atomic mass is 32.2. The lowest BCUT2D eigenvalue weighted by molar-refractivity contribution is 0.371. The molecule has 1 aliphatic rings. The summed E-state index contributed by atoms with van der Waals surface area (Å²) in [5.74, 6) is -1.17. The quantitative estimate of drug-likeness (QED) is 0.566. The molecule has 0 saturated heterocycles. The Morgan fingerprint density at radius 3 is 2.18 bits per heavy atom. The monoisotopic (exact) mass is 491 g/mol. The van der Waals surface area contributed by atoms with Crippen LogP contribution in [0, 0.1) is 11.6 Å². The van der Waals surface area contributed by atoms with E-state index in [4.69, 9.17) is 0 Å². The van der Waals surface area contributed by atoms with Crippen molar-refractivity contribution < 1.29 is 25.6 Å². The number of benzene rings is 3. The van der Waals surface area contributed by atoms with E-state index in [9.17, 15) is 25.6 Å². The molecule has 1 heterocycles. The SMILES string of the molecule is CS(=O)(=O)Nc1ccc(C2=NN(S(=O)(=O)c3cccc(F)c3)C(c3ccc(F)cc3)C2)cc1. The number of halogens is 2. The molecule has 0 amide bonds. The highest BCUT2D eigenvalue weighted by Crippen LogP contribution is 2.37. The number of rotatable bonds is 6. The van der Waals surface area contributed by atoms with Crippen molar-refractivity contribution in [3.8, 4) is 0 Å². The van der Waals surface area contributed by atoms with E-state index in [0.717, 1.165) is 22.8 Å². The molecule has 1 atom stereocenters. The van der Waals surface area contributed by atoms with Crippen LogP contribution in [0.1, 0.15) is 23.6 Å². The number of hydrogen-bond acceptors (Lipinski definition) is 5. The molecule has 0 saturated carbocycles. The Hall–Kier alpha value is -3.31. The van der Waals surface area contributed by atoms with E-state index in [1.807, 2.05) is 0 Å². The van der Waals surface area contributed by atoms with Crippen molar-refractivity contribution in [2.75, 3.05) is 11.0 Å². The van der Waals surface area contributed by atoms with E-state index >= 15 is 0 Å². The zero-order chi connectivity index (χ0) is 23.8. The summed E-state index contributed by atoms with van der Waals surface area (Å²) in [6.45, 7) is 0. The van der Waals surface area contributed by atoms with E-state index in [2.05, 4.69) is 9.82 Å². The minimum Gasteiger partial charge on any atom is -0.284 e. The van der Waals surface area contributed by atoms with E-state index in [1.165, 1.54) is 48.5 Å². The van der Waals surface area contributed by atoms with E-state index in [1.54, 1.807) is 12.1 Å². The van der Waals surface area contributed by atoms with Crippen molar-refractivity contribution in [1.82, 2.24) is 4.41 Å². The van der Waals surface area contributed by atoms with Gasteiger partial charge in [0.15, 0.2) is 0 Å². The van der Waals surface area contributed by atoms with Gasteiger partial charge in [0.25, 0.3) is 10.0 Å². The maximum absolute atomic E-state index is 13.7. The number of anilines is 1. The second kappa shape index (κ2) is 8.56. The normalized spacial score (nSPS) is 16.5. The van der Waals surface area contributed by atoms with Gasteiger partial charge in [-0.3, -0.25) is 4.72 Å². The molecular formula is C22H19F2N3O4S2. The summed E-state index contributed by atoms with van der Waals surface area (Å²) >= 11 is 0. The molecule has 1 unspecified atom stereocenters. The Labute approximate surface area is 190 Å². The molecule has 0 aliphatic carbocycles. The van der Waals surface area contributed by atoms with Crippen molar-refractivity contribution >= 4 is 31.4 Å². The van der Waals surface area contributed by atoms with Crippen molar-refractivity contribution in [2.45, 2.75) is 17.4 Å². The zero-order valence-corrected chi connectivity index (χ0v) is 18.9. The van der Waals surface area contributed by atoms with Gasteiger partial charge in [-0.1, -0.05) is 30.3 Å². The van der Waals surface area contributed by atoms with Crippen molar-refractivity contribution in [2.24, 2.45) is 5.10 Å². The fourth-order valence-electron chi connectivity index (χ4n) is 3.50. The molecule has 3 aromatic carbocycles. The predicted octanol–water partition coefficient (Wildman–Crippen LogP) is 3.88. The van der Waals surface area contributed by atoms with Crippen LogP contribution < -0.4 is 4.72 Å². The van der Waals surface area contributed by atoms with Crippen molar-refractivity contribution in [1.29, 1.82) is 0 Å². The third-order valence-electron chi connectivity index (χ3n) is 4.99. The Morgan fingerprint density at radius 1 is 0.909 bits per heavy atom. The third-order valence-corrected chi connectivity index (χ3v) is 7.27. The van der Waals surface area contributed by atoms with Gasteiger partial charge in [-0.05, 0) is 53.6 Å². The third kappa shape index (κ3) is 5.04. The summed E-state index contributed by atoms with van der Waals surface area (Å²) < 4.78 is 79.9. The minimum absolute atomic E-state index is 0.180. The topological polar surface area (TPSA) is 95.9 Å². The van der Waals surface area contributed by atoms with Gasteiger partial charge in [-0.15, -0.1) is 0 Å². The minimum atomic E-state index is -4.22. The maximum Gasteiger partial charge on any atom is 0.279 e. The van der Waals surface area contributed by atoms with Gasteiger partial charge in [-0.2, -0.15) is 17.9 Å². The van der Waals surface area contributed by atoms with Crippen LogP contribution in [0.3, 0.4) is 0 Å². The van der Waals surface area contributed by atoms with Crippen LogP contribution in [-0.4, -0.2) is 33.2 Å². The average Bonchev–Trinajstić information content (AvgIpc) is 3.20. The highest BCUT2D eigenvalue weighted by molar-refractivity contribution is 7.92. The van der Waals surface area contributed by atoms with Gasteiger partial charge in [0, 0.05) is 12.1 Å². The van der Waals surface area contributed by atoms with E-state index in [-0.39, 0.29) is 11.3 Å². The maximum atomic E-state index is 13.7. The summed E-state index contributed by atoms with van der Waals surface area (Å²) in [6, 6.07) is 15.6. The standard InChI is InChI=1S/C22H19F2N3O4S2/c1-32(28,29)26-19-11-7-15(8-12-19)21-14-22(16-5-9-17(23)10-6-16)27(25-21)33(30,31)20-4-2-3-18(24)13-20/h2-13,22,26H,14H2,1H3. The summed E-state index contributed by atoms with van der Waals surface area (Å²) in [4.78, 5) is -0.257. The number of hydrogen-bond donors (Lipinski definition) is 1. The molecule has 0 radical (unpaired) electrons. The summed E-state index contributed by atoms with van der Waals surface area (Å²) in [5.41, 5.74) is 1.87. The Morgan fingerprint density at radius 2 is 1.58 bits per heavy atom. The van der Waals surface area contributed by atoms with Gasteiger partial charge >= 0.3 is 0 Å². The van der Waals surface area contributed by atoms with Gasteiger partial charge in [0.2, 0.25) is 10.0 Å². The van der Waals surface area contributed by atoms with Crippen LogP contribution in [-0.2, 0) is 20.0 Å². The van der Waals surface area contributed by atoms with Crippen LogP contribution >= 0.6 is 0 Å². The lowest BCUT2D eigenvalue weighted by atomic mass is 9.99. The Balaban J connectivity index is 1.74. The lowest BCUT2D eigenvalue weighted by Gasteiger charge is -2.23. The Bertz CT molecular complexity index is 1420. The molecule has 1 aliphatic heterocycles. The predicted molar refractivity (Wildman–Crippen MR) is 121 cm³/mol. The molecule has 172 valence electrons. The summed E-state index contributed by atoms with van der Waals surface area (Å²) in [5, 5.41) is 4.33. The van der Waals surface area contributed by atoms with Crippen LogP contribution in [0.4, 0.5) is 14.5 Å². The van der Waals surface area contributed by atoms with Crippen molar-refractivity contribution in [3.05, 3.63) is 95.6 Å². The molecular weight excluding hydrogens is 472 g/mol. The number of sulfonamides is 2. The zero-order valence-electron chi connectivity index (χ0n) is 17.3. The van der Waals surface area contributed by atoms with Gasteiger partial charge in [0.1, 0.15) is 11.6 Å². The first kappa shape index (κ1) is 22.9. The lowest BCUT2D eigenvalue weighted by Crippen LogP contribution is -2.27. The molecule has 33 heavy (non-hydrogen) atoms. The van der Waals surface area contributed by atoms with E-state index in [0.29, 0.717) is 22.5 Å². The second-order valence-corrected chi connectivity index (χ2v) is 11.0. The first-order valence-electron chi connectivity index (χ1n) is 9.74. The largest absolute Gasteiger partial charge is 0.284 e. The Kier molecular flexibility index (Phi) is 5.93. The molecule has 0 spiro atoms. The highest BCUT2D eigenvalue weighted by Gasteiger charge is 2.37. The van der Waals surface area contributed by atoms with E-state index < -0.39 is 37.7 Å². The number of hydrazone groups is 1. The smallest absolute Gasteiger partial charge is 0.279 e. The van der Waals surface area contributed by atoms with Crippen LogP contribution in [0.15, 0.2) is 82.8 Å². The fourth-order valence-corrected chi connectivity index (χ4v) is 5.53. The summed E-state index contributed by atoms with van der Waals surface area (Å²) in [7, 11) is -7.67. The molecule has 0 fully saturated rings. The first-order chi connectivity index (χ1) is 15.5. The second-order valence-electron chi connectivity index (χ2n) is 7.50. The molecule has 3 aromatic rings. The molecule has 7 nitrogen and oxygen atoms in total. The van der Waals surface area contributed by atoms with Crippen LogP contribution in [0.2, 0.25) is 0 Å². The molecule has 1 N–H and O–H groups in total. The molecule has 0 bridgehead atoms. The number of nitrogens with one attached hydrogen (secondary N) is 1. The molecule has 0 aromatic heterocycles. The summed E-state index contributed by atoms with van der Waals surface area (Å²) in [6.07, 6.45) is 1.21. The first-order valence-corrected chi connectivity index (χ1v) is 13.1. The van der Waals surface area contributed by atoms with Crippen molar-refractivity contribution in [3.63, 3.8) is 0 Å². The van der Waals surface area contributed by atoms with Gasteiger partial charge < -0.3 is 0 Å². The average molecular weight is 492 g/mol. The van der Waals surface area contributed by atoms with Crippen LogP contribution in [0.25, 0.3) is 0 Å². The molecule has 11 heteroatoms. The van der Waals surface area contributed by atoms with Gasteiger partial charge in [-0.25, -0.2) is 17.2 Å². The fraction of sp³-hybridized carbons (Fsp3) is 0.136. The number of nitrogens with zero attached hydrogens (tertiary/aromatic N) is 2. The van der Waals surface area contributed by atoms with Crippen LogP contribution in [0.5, 0.6) is 0 Å². The van der Waals surface area contributed by atoms with Gasteiger partial charge in [0.05, 0.1) is 22.9 Å².